The molecule has 1 atom stereocenters. The molecule has 21 heavy (non-hydrogen) atoms. The Bertz CT molecular complexity index is 652. The maximum Gasteiger partial charge on any atom is 0.315 e. The minimum Gasteiger partial charge on any atom is -0.481 e. The van der Waals surface area contributed by atoms with Crippen LogP contribution in [0, 0.1) is 19.7 Å². The lowest BCUT2D eigenvalue weighted by Crippen LogP contribution is -2.45. The number of benzene rings is 1. The normalized spacial score (nSPS) is 13.9. The average Bonchev–Trinajstić information content (AvgIpc) is 2.75. The standard InChI is InChI=1S/C15H17FN2O2S/c1-9-10(2)21-13(18-9)7-15(8-17,14(19)20)11-5-3-4-6-12(11)16/h3-6H,7-8,17H2,1-2H3,(H,19,20). The van der Waals surface area contributed by atoms with E-state index in [0.29, 0.717) is 5.01 Å². The number of hydrogen-bond acceptors (Lipinski definition) is 4. The van der Waals surface area contributed by atoms with Crippen molar-refractivity contribution in [3.8, 4) is 0 Å². The quantitative estimate of drug-likeness (QED) is 0.889. The fourth-order valence-electron chi connectivity index (χ4n) is 2.28. The largest absolute Gasteiger partial charge is 0.481 e. The molecular weight excluding hydrogens is 291 g/mol. The van der Waals surface area contributed by atoms with Crippen molar-refractivity contribution in [3.63, 3.8) is 0 Å². The van der Waals surface area contributed by atoms with Crippen LogP contribution in [0.1, 0.15) is 21.1 Å². The Hall–Kier alpha value is -1.79. The first-order valence-corrected chi connectivity index (χ1v) is 7.33. The van der Waals surface area contributed by atoms with Crippen LogP contribution < -0.4 is 5.73 Å². The highest BCUT2D eigenvalue weighted by Gasteiger charge is 2.42. The minimum absolute atomic E-state index is 0.0825. The molecule has 4 nitrogen and oxygen atoms in total. The van der Waals surface area contributed by atoms with Gasteiger partial charge in [-0.2, -0.15) is 0 Å². The van der Waals surface area contributed by atoms with Crippen LogP contribution in [-0.2, 0) is 16.6 Å². The van der Waals surface area contributed by atoms with E-state index in [1.807, 2.05) is 13.8 Å². The fraction of sp³-hybridized carbons (Fsp3) is 0.333. The van der Waals surface area contributed by atoms with E-state index >= 15 is 0 Å². The highest BCUT2D eigenvalue weighted by atomic mass is 32.1. The molecule has 0 radical (unpaired) electrons. The number of nitrogens with zero attached hydrogens (tertiary/aromatic N) is 1. The molecule has 1 aromatic heterocycles. The molecule has 0 saturated carbocycles. The number of aliphatic carboxylic acids is 1. The van der Waals surface area contributed by atoms with Crippen LogP contribution in [0.4, 0.5) is 4.39 Å². The molecule has 0 aliphatic carbocycles. The van der Waals surface area contributed by atoms with E-state index < -0.39 is 17.2 Å². The second-order valence-corrected chi connectivity index (χ2v) is 6.28. The van der Waals surface area contributed by atoms with Crippen molar-refractivity contribution in [2.24, 2.45) is 5.73 Å². The summed E-state index contributed by atoms with van der Waals surface area (Å²) in [5, 5.41) is 10.3. The summed E-state index contributed by atoms with van der Waals surface area (Å²) in [7, 11) is 0. The molecular formula is C15H17FN2O2S. The third-order valence-corrected chi connectivity index (χ3v) is 4.75. The van der Waals surface area contributed by atoms with Gasteiger partial charge < -0.3 is 10.8 Å². The van der Waals surface area contributed by atoms with Gasteiger partial charge >= 0.3 is 5.97 Å². The molecule has 112 valence electrons. The molecule has 0 aliphatic rings. The third-order valence-electron chi connectivity index (χ3n) is 3.67. The molecule has 1 unspecified atom stereocenters. The maximum atomic E-state index is 14.1. The summed E-state index contributed by atoms with van der Waals surface area (Å²) in [6, 6.07) is 5.87. The van der Waals surface area contributed by atoms with E-state index in [-0.39, 0.29) is 18.5 Å². The number of aromatic nitrogens is 1. The minimum atomic E-state index is -1.50. The van der Waals surface area contributed by atoms with Gasteiger partial charge in [0.1, 0.15) is 11.2 Å². The third kappa shape index (κ3) is 2.82. The zero-order valence-electron chi connectivity index (χ0n) is 11.9. The predicted molar refractivity (Wildman–Crippen MR) is 80.1 cm³/mol. The summed E-state index contributed by atoms with van der Waals surface area (Å²) in [6.45, 7) is 3.59. The molecule has 0 amide bonds. The molecule has 6 heteroatoms. The number of thiazole rings is 1. The van der Waals surface area contributed by atoms with Crippen molar-refractivity contribution < 1.29 is 14.3 Å². The van der Waals surface area contributed by atoms with Crippen LogP contribution in [0.25, 0.3) is 0 Å². The second-order valence-electron chi connectivity index (χ2n) is 5.00. The Morgan fingerprint density at radius 1 is 1.43 bits per heavy atom. The lowest BCUT2D eigenvalue weighted by Gasteiger charge is -2.28. The maximum absolute atomic E-state index is 14.1. The number of rotatable bonds is 5. The first-order valence-electron chi connectivity index (χ1n) is 6.52. The van der Waals surface area contributed by atoms with Crippen molar-refractivity contribution in [2.75, 3.05) is 6.54 Å². The van der Waals surface area contributed by atoms with Crippen LogP contribution >= 0.6 is 11.3 Å². The zero-order valence-corrected chi connectivity index (χ0v) is 12.7. The van der Waals surface area contributed by atoms with Crippen molar-refractivity contribution in [1.29, 1.82) is 0 Å². The molecule has 0 aliphatic heterocycles. The average molecular weight is 308 g/mol. The molecule has 0 bridgehead atoms. The Labute approximate surface area is 126 Å². The molecule has 2 aromatic rings. The Morgan fingerprint density at radius 2 is 2.10 bits per heavy atom. The van der Waals surface area contributed by atoms with Crippen LogP contribution in [-0.4, -0.2) is 22.6 Å². The Kier molecular flexibility index (Phi) is 4.39. The molecule has 1 aromatic carbocycles. The van der Waals surface area contributed by atoms with Crippen molar-refractivity contribution in [2.45, 2.75) is 25.7 Å². The van der Waals surface area contributed by atoms with E-state index in [2.05, 4.69) is 4.98 Å². The number of nitrogens with two attached hydrogens (primary N) is 1. The summed E-state index contributed by atoms with van der Waals surface area (Å²) in [6.07, 6.45) is 0.0825. The monoisotopic (exact) mass is 308 g/mol. The molecule has 2 rings (SSSR count). The van der Waals surface area contributed by atoms with E-state index in [1.54, 1.807) is 6.07 Å². The van der Waals surface area contributed by atoms with Gasteiger partial charge in [0.25, 0.3) is 0 Å². The molecule has 0 fully saturated rings. The summed E-state index contributed by atoms with van der Waals surface area (Å²) >= 11 is 1.42. The molecule has 1 heterocycles. The van der Waals surface area contributed by atoms with Crippen LogP contribution in [0.2, 0.25) is 0 Å². The summed E-state index contributed by atoms with van der Waals surface area (Å²) in [4.78, 5) is 17.2. The number of carboxylic acids is 1. The summed E-state index contributed by atoms with van der Waals surface area (Å²) in [5.74, 6) is -1.70. The summed E-state index contributed by atoms with van der Waals surface area (Å²) in [5.41, 5.74) is 5.20. The Balaban J connectivity index is 2.52. The van der Waals surface area contributed by atoms with Crippen molar-refractivity contribution in [3.05, 3.63) is 51.2 Å². The van der Waals surface area contributed by atoms with Gasteiger partial charge in [-0.15, -0.1) is 11.3 Å². The molecule has 0 saturated heterocycles. The topological polar surface area (TPSA) is 76.2 Å². The number of aryl methyl sites for hydroxylation is 2. The van der Waals surface area contributed by atoms with Gasteiger partial charge in [-0.1, -0.05) is 18.2 Å². The van der Waals surface area contributed by atoms with E-state index in [4.69, 9.17) is 5.73 Å². The molecule has 0 spiro atoms. The predicted octanol–water partition coefficient (Wildman–Crippen LogP) is 2.42. The SMILES string of the molecule is Cc1nc(CC(CN)(C(=O)O)c2ccccc2F)sc1C. The molecule has 3 N–H and O–H groups in total. The van der Waals surface area contributed by atoms with Crippen molar-refractivity contribution >= 4 is 17.3 Å². The van der Waals surface area contributed by atoms with Crippen LogP contribution in [0.3, 0.4) is 0 Å². The zero-order chi connectivity index (χ0) is 15.6. The highest BCUT2D eigenvalue weighted by Crippen LogP contribution is 2.32. The van der Waals surface area contributed by atoms with Gasteiger partial charge in [0.2, 0.25) is 0 Å². The number of carbonyl (C=O) groups is 1. The Morgan fingerprint density at radius 3 is 2.57 bits per heavy atom. The van der Waals surface area contributed by atoms with E-state index in [0.717, 1.165) is 10.6 Å². The lowest BCUT2D eigenvalue weighted by atomic mass is 9.77. The van der Waals surface area contributed by atoms with Gasteiger partial charge in [-0.3, -0.25) is 4.79 Å². The first kappa shape index (κ1) is 15.6. The van der Waals surface area contributed by atoms with E-state index in [1.165, 1.54) is 29.5 Å². The van der Waals surface area contributed by atoms with Crippen LogP contribution in [0.5, 0.6) is 0 Å². The van der Waals surface area contributed by atoms with Gasteiger partial charge in [-0.25, -0.2) is 9.37 Å². The first-order chi connectivity index (χ1) is 9.90. The van der Waals surface area contributed by atoms with Gasteiger partial charge in [-0.05, 0) is 19.9 Å². The summed E-state index contributed by atoms with van der Waals surface area (Å²) < 4.78 is 14.1. The van der Waals surface area contributed by atoms with E-state index in [9.17, 15) is 14.3 Å². The highest BCUT2D eigenvalue weighted by molar-refractivity contribution is 7.11. The van der Waals surface area contributed by atoms with Gasteiger partial charge in [0.05, 0.1) is 10.7 Å². The number of halogens is 1. The number of carboxylic acid groups (broad SMARTS) is 1. The fourth-order valence-corrected chi connectivity index (χ4v) is 3.33. The smallest absolute Gasteiger partial charge is 0.315 e. The van der Waals surface area contributed by atoms with Gasteiger partial charge in [0.15, 0.2) is 0 Å². The lowest BCUT2D eigenvalue weighted by molar-refractivity contribution is -0.143. The number of hydrogen-bond donors (Lipinski definition) is 2. The van der Waals surface area contributed by atoms with Crippen LogP contribution in [0.15, 0.2) is 24.3 Å². The van der Waals surface area contributed by atoms with Crippen molar-refractivity contribution in [1.82, 2.24) is 4.98 Å². The van der Waals surface area contributed by atoms with Gasteiger partial charge in [0, 0.05) is 23.4 Å². The second kappa shape index (κ2) is 5.91.